The molecular weight excluding hydrogens is 212 g/mol. The predicted octanol–water partition coefficient (Wildman–Crippen LogP) is 2.34. The number of hydrogen-bond donors (Lipinski definition) is 1. The van der Waals surface area contributed by atoms with Gasteiger partial charge in [-0.1, -0.05) is 32.0 Å². The second kappa shape index (κ2) is 3.10. The second-order valence-corrected chi connectivity index (χ2v) is 5.68. The maximum atomic E-state index is 12.3. The summed E-state index contributed by atoms with van der Waals surface area (Å²) in [6.07, 6.45) is 0.640. The van der Waals surface area contributed by atoms with Crippen LogP contribution in [0.4, 0.5) is 5.69 Å². The number of para-hydroxylation sites is 1. The van der Waals surface area contributed by atoms with Crippen molar-refractivity contribution >= 4 is 11.5 Å². The molecule has 0 amide bonds. The number of hydrazine groups is 1. The van der Waals surface area contributed by atoms with E-state index in [4.69, 9.17) is 0 Å². The maximum Gasteiger partial charge on any atom is 0.156 e. The fourth-order valence-electron chi connectivity index (χ4n) is 3.22. The minimum Gasteiger partial charge on any atom is -0.318 e. The third kappa shape index (κ3) is 1.12. The van der Waals surface area contributed by atoms with Crippen molar-refractivity contribution in [3.05, 3.63) is 29.8 Å². The molecule has 0 aromatic heterocycles. The van der Waals surface area contributed by atoms with Crippen molar-refractivity contribution in [1.82, 2.24) is 5.01 Å². The zero-order valence-corrected chi connectivity index (χ0v) is 10.6. The fraction of sp³-hybridized carbons (Fsp3) is 0.500. The Bertz CT molecular complexity index is 495. The molecule has 3 heteroatoms. The van der Waals surface area contributed by atoms with Crippen LogP contribution in [0.2, 0.25) is 0 Å². The van der Waals surface area contributed by atoms with Crippen LogP contribution in [-0.4, -0.2) is 22.9 Å². The van der Waals surface area contributed by atoms with E-state index in [9.17, 15) is 4.79 Å². The lowest BCUT2D eigenvalue weighted by molar-refractivity contribution is -0.127. The number of ketones is 1. The number of nitrogens with one attached hydrogen (secondary N) is 1. The van der Waals surface area contributed by atoms with Crippen LogP contribution < -0.4 is 5.43 Å². The number of carbonyl (C=O) groups excluding carboxylic acids is 1. The van der Waals surface area contributed by atoms with Gasteiger partial charge in [-0.2, -0.15) is 0 Å². The van der Waals surface area contributed by atoms with Gasteiger partial charge in [0.1, 0.15) is 5.54 Å². The predicted molar refractivity (Wildman–Crippen MR) is 67.8 cm³/mol. The summed E-state index contributed by atoms with van der Waals surface area (Å²) in [5.74, 6) is 0.338. The van der Waals surface area contributed by atoms with E-state index < -0.39 is 5.54 Å². The van der Waals surface area contributed by atoms with Crippen LogP contribution in [0.25, 0.3) is 0 Å². The zero-order valence-electron chi connectivity index (χ0n) is 10.6. The van der Waals surface area contributed by atoms with Crippen LogP contribution in [0.5, 0.6) is 0 Å². The van der Waals surface area contributed by atoms with E-state index in [0.29, 0.717) is 12.2 Å². The summed E-state index contributed by atoms with van der Waals surface area (Å²) in [5.41, 5.74) is 5.16. The van der Waals surface area contributed by atoms with Crippen molar-refractivity contribution in [3.63, 3.8) is 0 Å². The molecular formula is C14H18N2O. The minimum absolute atomic E-state index is 0.164. The summed E-state index contributed by atoms with van der Waals surface area (Å²) in [4.78, 5) is 12.3. The molecule has 0 radical (unpaired) electrons. The summed E-state index contributed by atoms with van der Waals surface area (Å²) in [5, 5.41) is 2.11. The number of fused-ring (bicyclic) bond motifs is 2. The standard InChI is InChI=1S/C14H18N2O/c1-13(2)10-6-4-5-7-11(10)15-16-9-8-12(17)14(13,16)3/h4-7,15H,8-9H2,1-3H3. The largest absolute Gasteiger partial charge is 0.318 e. The monoisotopic (exact) mass is 230 g/mol. The van der Waals surface area contributed by atoms with Gasteiger partial charge in [-0.05, 0) is 18.6 Å². The van der Waals surface area contributed by atoms with Crippen LogP contribution in [-0.2, 0) is 10.2 Å². The summed E-state index contributed by atoms with van der Waals surface area (Å²) >= 11 is 0. The summed E-state index contributed by atoms with van der Waals surface area (Å²) < 4.78 is 0. The van der Waals surface area contributed by atoms with E-state index in [1.54, 1.807) is 0 Å². The zero-order chi connectivity index (χ0) is 12.3. The van der Waals surface area contributed by atoms with Crippen LogP contribution in [0.1, 0.15) is 32.8 Å². The normalized spacial score (nSPS) is 30.6. The van der Waals surface area contributed by atoms with Gasteiger partial charge in [-0.3, -0.25) is 4.79 Å². The van der Waals surface area contributed by atoms with Gasteiger partial charge < -0.3 is 5.43 Å². The molecule has 3 rings (SSSR count). The Balaban J connectivity index is 2.23. The minimum atomic E-state index is -0.429. The molecule has 0 saturated carbocycles. The number of carbonyl (C=O) groups is 1. The molecule has 2 aliphatic heterocycles. The van der Waals surface area contributed by atoms with Crippen molar-refractivity contribution in [3.8, 4) is 0 Å². The van der Waals surface area contributed by atoms with E-state index in [-0.39, 0.29) is 5.41 Å². The van der Waals surface area contributed by atoms with Crippen LogP contribution in [0.15, 0.2) is 24.3 Å². The first-order valence-electron chi connectivity index (χ1n) is 6.15. The van der Waals surface area contributed by atoms with Crippen molar-refractivity contribution in [2.24, 2.45) is 0 Å². The highest BCUT2D eigenvalue weighted by Crippen LogP contribution is 2.49. The van der Waals surface area contributed by atoms with E-state index in [1.807, 2.05) is 12.1 Å². The molecule has 1 aromatic carbocycles. The SMILES string of the molecule is CC1(C)c2ccccc2NN2CCC(=O)C21C. The Hall–Kier alpha value is -1.35. The first-order valence-corrected chi connectivity index (χ1v) is 6.15. The van der Waals surface area contributed by atoms with Gasteiger partial charge in [-0.25, -0.2) is 5.01 Å². The smallest absolute Gasteiger partial charge is 0.156 e. The first kappa shape index (κ1) is 10.8. The van der Waals surface area contributed by atoms with Gasteiger partial charge in [0, 0.05) is 18.4 Å². The lowest BCUT2D eigenvalue weighted by atomic mass is 9.66. The fourth-order valence-corrected chi connectivity index (χ4v) is 3.22. The number of hydrogen-bond acceptors (Lipinski definition) is 3. The van der Waals surface area contributed by atoms with Gasteiger partial charge in [0.25, 0.3) is 0 Å². The number of Topliss-reactive ketones (excluding diaryl/α,β-unsaturated/α-hetero) is 1. The Labute approximate surface area is 102 Å². The van der Waals surface area contributed by atoms with E-state index in [2.05, 4.69) is 43.3 Å². The van der Waals surface area contributed by atoms with Gasteiger partial charge >= 0.3 is 0 Å². The summed E-state index contributed by atoms with van der Waals surface area (Å²) in [7, 11) is 0. The third-order valence-corrected chi connectivity index (χ3v) is 4.72. The lowest BCUT2D eigenvalue weighted by Gasteiger charge is -2.51. The molecule has 1 N–H and O–H groups in total. The average molecular weight is 230 g/mol. The number of anilines is 1. The molecule has 1 saturated heterocycles. The third-order valence-electron chi connectivity index (χ3n) is 4.72. The molecule has 3 nitrogen and oxygen atoms in total. The number of benzene rings is 1. The summed E-state index contributed by atoms with van der Waals surface area (Å²) in [6, 6.07) is 8.28. The molecule has 0 aliphatic carbocycles. The lowest BCUT2D eigenvalue weighted by Crippen LogP contribution is -2.63. The van der Waals surface area contributed by atoms with Gasteiger partial charge in [0.05, 0.1) is 5.69 Å². The summed E-state index contributed by atoms with van der Waals surface area (Å²) in [6.45, 7) is 7.20. The molecule has 0 bridgehead atoms. The highest BCUT2D eigenvalue weighted by molar-refractivity contribution is 5.93. The second-order valence-electron chi connectivity index (χ2n) is 5.68. The molecule has 17 heavy (non-hydrogen) atoms. The molecule has 1 atom stereocenters. The van der Waals surface area contributed by atoms with Crippen molar-refractivity contribution < 1.29 is 4.79 Å². The molecule has 2 heterocycles. The maximum absolute atomic E-state index is 12.3. The van der Waals surface area contributed by atoms with Crippen molar-refractivity contribution in [1.29, 1.82) is 0 Å². The van der Waals surface area contributed by atoms with Crippen molar-refractivity contribution in [2.75, 3.05) is 12.0 Å². The Morgan fingerprint density at radius 3 is 2.71 bits per heavy atom. The number of rotatable bonds is 0. The average Bonchev–Trinajstić information content (AvgIpc) is 2.59. The number of nitrogens with zero attached hydrogens (tertiary/aromatic N) is 1. The highest BCUT2D eigenvalue weighted by atomic mass is 16.1. The molecule has 1 aromatic rings. The highest BCUT2D eigenvalue weighted by Gasteiger charge is 2.58. The Morgan fingerprint density at radius 2 is 1.94 bits per heavy atom. The van der Waals surface area contributed by atoms with E-state index in [0.717, 1.165) is 12.2 Å². The van der Waals surface area contributed by atoms with Gasteiger partial charge in [-0.15, -0.1) is 0 Å². The van der Waals surface area contributed by atoms with Gasteiger partial charge in [0.15, 0.2) is 5.78 Å². The van der Waals surface area contributed by atoms with E-state index >= 15 is 0 Å². The van der Waals surface area contributed by atoms with Gasteiger partial charge in [0.2, 0.25) is 0 Å². The van der Waals surface area contributed by atoms with E-state index in [1.165, 1.54) is 5.56 Å². The first-order chi connectivity index (χ1) is 7.98. The Morgan fingerprint density at radius 1 is 1.24 bits per heavy atom. The quantitative estimate of drug-likeness (QED) is 0.742. The topological polar surface area (TPSA) is 32.3 Å². The molecule has 0 spiro atoms. The van der Waals surface area contributed by atoms with Crippen molar-refractivity contribution in [2.45, 2.75) is 38.1 Å². The Kier molecular flexibility index (Phi) is 1.97. The molecule has 90 valence electrons. The molecule has 1 fully saturated rings. The van der Waals surface area contributed by atoms with Crippen LogP contribution in [0.3, 0.4) is 0 Å². The molecule has 2 aliphatic rings. The molecule has 1 unspecified atom stereocenters. The van der Waals surface area contributed by atoms with Crippen LogP contribution in [0, 0.1) is 0 Å². The van der Waals surface area contributed by atoms with Crippen LogP contribution >= 0.6 is 0 Å².